The van der Waals surface area contributed by atoms with Crippen molar-refractivity contribution < 1.29 is 9.72 Å². The fourth-order valence-corrected chi connectivity index (χ4v) is 2.81. The van der Waals surface area contributed by atoms with Gasteiger partial charge in [0.1, 0.15) is 5.69 Å². The highest BCUT2D eigenvalue weighted by Gasteiger charge is 2.20. The molecule has 144 valence electrons. The van der Waals surface area contributed by atoms with Gasteiger partial charge in [-0.15, -0.1) is 0 Å². The molecule has 0 aliphatic rings. The summed E-state index contributed by atoms with van der Waals surface area (Å²) in [6.07, 6.45) is 3.96. The van der Waals surface area contributed by atoms with Gasteiger partial charge >= 0.3 is 0 Å². The number of rotatable bonds is 8. The summed E-state index contributed by atoms with van der Waals surface area (Å²) in [5.74, 6) is -0.573. The van der Waals surface area contributed by atoms with Gasteiger partial charge in [0, 0.05) is 23.9 Å². The van der Waals surface area contributed by atoms with Gasteiger partial charge in [-0.05, 0) is 26.3 Å². The molecule has 1 aromatic carbocycles. The van der Waals surface area contributed by atoms with Crippen molar-refractivity contribution in [3.8, 4) is 5.69 Å². The van der Waals surface area contributed by atoms with Gasteiger partial charge in [-0.25, -0.2) is 4.68 Å². The van der Waals surface area contributed by atoms with Crippen LogP contribution in [0.5, 0.6) is 0 Å². The van der Waals surface area contributed by atoms with Crippen LogP contribution in [-0.2, 0) is 0 Å². The number of hydrogen-bond donors (Lipinski definition) is 1. The third-order valence-electron chi connectivity index (χ3n) is 4.25. The number of carbonyl (C=O) groups is 1. The van der Waals surface area contributed by atoms with Gasteiger partial charge in [0.15, 0.2) is 5.69 Å². The van der Waals surface area contributed by atoms with Crippen molar-refractivity contribution in [2.24, 2.45) is 0 Å². The van der Waals surface area contributed by atoms with Crippen molar-refractivity contribution in [2.45, 2.75) is 52.5 Å². The molecule has 0 fully saturated rings. The van der Waals surface area contributed by atoms with E-state index in [0.717, 1.165) is 25.7 Å². The van der Waals surface area contributed by atoms with Gasteiger partial charge < -0.3 is 5.32 Å². The van der Waals surface area contributed by atoms with Crippen LogP contribution in [-0.4, -0.2) is 26.7 Å². The quantitative estimate of drug-likeness (QED) is 0.435. The Hall–Kier alpha value is -3.03. The average molecular weight is 372 g/mol. The first-order valence-corrected chi connectivity index (χ1v) is 9.00. The monoisotopic (exact) mass is 372 g/mol. The number of nitro groups is 1. The molecule has 1 N–H and O–H groups in total. The molecule has 8 nitrogen and oxygen atoms in total. The lowest BCUT2D eigenvalue weighted by atomic mass is 10.1. The van der Waals surface area contributed by atoms with Crippen LogP contribution in [0, 0.1) is 17.0 Å². The number of nitrogens with one attached hydrogen (secondary N) is 1. The predicted octanol–water partition coefficient (Wildman–Crippen LogP) is 3.15. The van der Waals surface area contributed by atoms with E-state index in [1.54, 1.807) is 19.1 Å². The van der Waals surface area contributed by atoms with Crippen LogP contribution in [0.2, 0.25) is 0 Å². The molecule has 8 heteroatoms. The Balaban J connectivity index is 2.35. The molecule has 1 unspecified atom stereocenters. The summed E-state index contributed by atoms with van der Waals surface area (Å²) in [4.78, 5) is 35.5. The molecule has 0 spiro atoms. The van der Waals surface area contributed by atoms with Crippen LogP contribution in [0.15, 0.2) is 35.1 Å². The number of nitro benzene ring substituents is 1. The molecule has 1 atom stereocenters. The summed E-state index contributed by atoms with van der Waals surface area (Å²) in [6, 6.07) is 7.23. The van der Waals surface area contributed by atoms with E-state index in [0.29, 0.717) is 5.69 Å². The topological polar surface area (TPSA) is 107 Å². The SMILES string of the molecule is CCCCCC(C)NC(=O)c1nn(-c2ccccc2[N+](=O)[O-])c(C)cc1=O. The molecule has 27 heavy (non-hydrogen) atoms. The second-order valence-corrected chi connectivity index (χ2v) is 6.53. The number of aryl methyl sites for hydroxylation is 1. The van der Waals surface area contributed by atoms with E-state index >= 15 is 0 Å². The largest absolute Gasteiger partial charge is 0.348 e. The molecule has 0 saturated heterocycles. The second kappa shape index (κ2) is 9.07. The molecular formula is C19H24N4O4. The van der Waals surface area contributed by atoms with Crippen molar-refractivity contribution in [3.63, 3.8) is 0 Å². The van der Waals surface area contributed by atoms with Gasteiger partial charge in [-0.2, -0.15) is 5.10 Å². The second-order valence-electron chi connectivity index (χ2n) is 6.53. The van der Waals surface area contributed by atoms with E-state index in [1.807, 2.05) is 6.92 Å². The molecule has 2 rings (SSSR count). The molecule has 0 radical (unpaired) electrons. The predicted molar refractivity (Wildman–Crippen MR) is 102 cm³/mol. The Labute approximate surface area is 157 Å². The molecule has 1 heterocycles. The molecule has 0 aliphatic carbocycles. The Kier molecular flexibility index (Phi) is 6.81. The van der Waals surface area contributed by atoms with E-state index in [1.165, 1.54) is 22.9 Å². The zero-order valence-corrected chi connectivity index (χ0v) is 15.8. The van der Waals surface area contributed by atoms with Crippen LogP contribution in [0.3, 0.4) is 0 Å². The fraction of sp³-hybridized carbons (Fsp3) is 0.421. The summed E-state index contributed by atoms with van der Waals surface area (Å²) in [5.41, 5.74) is -0.343. The average Bonchev–Trinajstić information content (AvgIpc) is 2.62. The van der Waals surface area contributed by atoms with Gasteiger partial charge in [0.25, 0.3) is 11.6 Å². The zero-order valence-electron chi connectivity index (χ0n) is 15.8. The summed E-state index contributed by atoms with van der Waals surface area (Å²) < 4.78 is 1.26. The molecule has 0 saturated carbocycles. The Morgan fingerprint density at radius 1 is 1.33 bits per heavy atom. The lowest BCUT2D eigenvalue weighted by Crippen LogP contribution is -2.37. The minimum absolute atomic E-state index is 0.0916. The number of nitrogens with zero attached hydrogens (tertiary/aromatic N) is 3. The third-order valence-corrected chi connectivity index (χ3v) is 4.25. The lowest BCUT2D eigenvalue weighted by Gasteiger charge is -2.15. The first-order valence-electron chi connectivity index (χ1n) is 9.00. The summed E-state index contributed by atoms with van der Waals surface area (Å²) >= 11 is 0. The molecular weight excluding hydrogens is 348 g/mol. The number of benzene rings is 1. The van der Waals surface area contributed by atoms with Gasteiger partial charge in [0.05, 0.1) is 4.92 Å². The van der Waals surface area contributed by atoms with Crippen LogP contribution in [0.4, 0.5) is 5.69 Å². The standard InChI is InChI=1S/C19H24N4O4/c1-4-5-6-9-13(2)20-19(25)18-17(24)12-14(3)22(21-18)15-10-7-8-11-16(15)23(26)27/h7-8,10-13H,4-6,9H2,1-3H3,(H,20,25). The minimum Gasteiger partial charge on any atom is -0.348 e. The number of hydrogen-bond acceptors (Lipinski definition) is 5. The Morgan fingerprint density at radius 3 is 2.70 bits per heavy atom. The number of para-hydroxylation sites is 2. The van der Waals surface area contributed by atoms with Gasteiger partial charge in [-0.1, -0.05) is 38.3 Å². The first-order chi connectivity index (χ1) is 12.8. The van der Waals surface area contributed by atoms with Crippen molar-refractivity contribution in [1.29, 1.82) is 0 Å². The van der Waals surface area contributed by atoms with Crippen molar-refractivity contribution in [2.75, 3.05) is 0 Å². The smallest absolute Gasteiger partial charge is 0.294 e. The minimum atomic E-state index is -0.573. The maximum absolute atomic E-state index is 12.5. The summed E-state index contributed by atoms with van der Waals surface area (Å²) in [7, 11) is 0. The van der Waals surface area contributed by atoms with E-state index in [4.69, 9.17) is 0 Å². The molecule has 1 aromatic heterocycles. The van der Waals surface area contributed by atoms with Crippen LogP contribution in [0.25, 0.3) is 5.69 Å². The lowest BCUT2D eigenvalue weighted by molar-refractivity contribution is -0.384. The van der Waals surface area contributed by atoms with E-state index in [9.17, 15) is 19.7 Å². The summed E-state index contributed by atoms with van der Waals surface area (Å²) in [6.45, 7) is 5.59. The highest BCUT2D eigenvalue weighted by molar-refractivity contribution is 5.92. The highest BCUT2D eigenvalue weighted by atomic mass is 16.6. The zero-order chi connectivity index (χ0) is 20.0. The van der Waals surface area contributed by atoms with Gasteiger partial charge in [-0.3, -0.25) is 19.7 Å². The fourth-order valence-electron chi connectivity index (χ4n) is 2.81. The number of aromatic nitrogens is 2. The molecule has 1 amide bonds. The Bertz CT molecular complexity index is 892. The van der Waals surface area contributed by atoms with Crippen molar-refractivity contribution in [1.82, 2.24) is 15.1 Å². The van der Waals surface area contributed by atoms with Crippen molar-refractivity contribution >= 4 is 11.6 Å². The number of amides is 1. The molecule has 2 aromatic rings. The maximum Gasteiger partial charge on any atom is 0.294 e. The van der Waals surface area contributed by atoms with E-state index in [2.05, 4.69) is 17.3 Å². The van der Waals surface area contributed by atoms with Gasteiger partial charge in [0.2, 0.25) is 5.43 Å². The van der Waals surface area contributed by atoms with Crippen molar-refractivity contribution in [3.05, 3.63) is 62.1 Å². The normalized spacial score (nSPS) is 11.8. The molecule has 0 bridgehead atoms. The highest BCUT2D eigenvalue weighted by Crippen LogP contribution is 2.22. The van der Waals surface area contributed by atoms with E-state index < -0.39 is 16.3 Å². The first kappa shape index (κ1) is 20.3. The number of unbranched alkanes of at least 4 members (excludes halogenated alkanes) is 2. The maximum atomic E-state index is 12.5. The van der Waals surface area contributed by atoms with E-state index in [-0.39, 0.29) is 23.1 Å². The Morgan fingerprint density at radius 2 is 2.04 bits per heavy atom. The molecule has 0 aliphatic heterocycles. The summed E-state index contributed by atoms with van der Waals surface area (Å²) in [5, 5.41) is 18.2. The number of carbonyl (C=O) groups excluding carboxylic acids is 1. The van der Waals surface area contributed by atoms with Crippen LogP contribution in [0.1, 0.15) is 55.7 Å². The van der Waals surface area contributed by atoms with Crippen LogP contribution < -0.4 is 10.7 Å². The van der Waals surface area contributed by atoms with Crippen LogP contribution >= 0.6 is 0 Å². The third kappa shape index (κ3) is 4.99.